The summed E-state index contributed by atoms with van der Waals surface area (Å²) in [5.74, 6) is 0.522. The molecule has 0 bridgehead atoms. The zero-order valence-electron chi connectivity index (χ0n) is 20.7. The highest BCUT2D eigenvalue weighted by Gasteiger charge is 2.20. The number of carbonyl (C=O) groups excluding carboxylic acids is 1. The molecule has 1 amide bonds. The molecule has 0 aliphatic carbocycles. The average molecular weight is 499 g/mol. The normalized spacial score (nSPS) is 14.0. The average Bonchev–Trinajstić information content (AvgIpc) is 3.32. The first-order valence-corrected chi connectivity index (χ1v) is 12.9. The van der Waals surface area contributed by atoms with Gasteiger partial charge < -0.3 is 19.1 Å². The number of morpholine rings is 1. The minimum atomic E-state index is -0.175. The number of benzene rings is 2. The van der Waals surface area contributed by atoms with Gasteiger partial charge in [0.05, 0.1) is 37.3 Å². The van der Waals surface area contributed by atoms with Crippen molar-refractivity contribution in [2.75, 3.05) is 69.9 Å². The van der Waals surface area contributed by atoms with E-state index in [2.05, 4.69) is 28.1 Å². The Morgan fingerprint density at radius 1 is 1.17 bits per heavy atom. The molecule has 1 aromatic heterocycles. The highest BCUT2D eigenvalue weighted by atomic mass is 32.1. The molecule has 3 aromatic rings. The second-order valence-corrected chi connectivity index (χ2v) is 9.30. The topological polar surface area (TPSA) is 76.2 Å². The van der Waals surface area contributed by atoms with Crippen molar-refractivity contribution in [3.63, 3.8) is 0 Å². The van der Waals surface area contributed by atoms with Crippen LogP contribution < -0.4 is 15.0 Å². The molecular formula is C26H34N4O4S. The fourth-order valence-electron chi connectivity index (χ4n) is 4.12. The van der Waals surface area contributed by atoms with Crippen molar-refractivity contribution in [3.05, 3.63) is 47.5 Å². The molecule has 8 nitrogen and oxygen atoms in total. The number of nitrogens with one attached hydrogen (secondary N) is 1. The van der Waals surface area contributed by atoms with Crippen molar-refractivity contribution in [2.24, 2.45) is 0 Å². The Bertz CT molecular complexity index is 1110. The number of hydrogen-bond donors (Lipinski definition) is 1. The summed E-state index contributed by atoms with van der Waals surface area (Å²) in [7, 11) is 1.64. The predicted octanol–water partition coefficient (Wildman–Crippen LogP) is 4.25. The number of nitrogens with zero attached hydrogens (tertiary/aromatic N) is 3. The largest absolute Gasteiger partial charge is 0.494 e. The van der Waals surface area contributed by atoms with Crippen molar-refractivity contribution in [3.8, 4) is 5.75 Å². The van der Waals surface area contributed by atoms with Gasteiger partial charge in [-0.1, -0.05) is 30.4 Å². The Labute approximate surface area is 210 Å². The number of carbonyl (C=O) groups is 1. The molecule has 1 N–H and O–H groups in total. The lowest BCUT2D eigenvalue weighted by Gasteiger charge is -2.29. The third-order valence-electron chi connectivity index (χ3n) is 6.10. The second-order valence-electron chi connectivity index (χ2n) is 8.30. The van der Waals surface area contributed by atoms with Gasteiger partial charge in [-0.25, -0.2) is 4.98 Å². The molecule has 1 saturated heterocycles. The second kappa shape index (κ2) is 12.3. The van der Waals surface area contributed by atoms with Gasteiger partial charge in [0.15, 0.2) is 5.13 Å². The summed E-state index contributed by atoms with van der Waals surface area (Å²) in [6, 6.07) is 11.8. The van der Waals surface area contributed by atoms with Crippen molar-refractivity contribution in [2.45, 2.75) is 20.4 Å². The predicted molar refractivity (Wildman–Crippen MR) is 141 cm³/mol. The summed E-state index contributed by atoms with van der Waals surface area (Å²) in [6.07, 6.45) is 0. The lowest BCUT2D eigenvalue weighted by molar-refractivity contribution is 0.102. The number of likely N-dealkylation sites (N-methyl/N-ethyl adjacent to an activating group) is 1. The van der Waals surface area contributed by atoms with Crippen LogP contribution in [0.25, 0.3) is 10.2 Å². The first kappa shape index (κ1) is 25.4. The number of ether oxygens (including phenoxy) is 3. The lowest BCUT2D eigenvalue weighted by atomic mass is 10.1. The minimum Gasteiger partial charge on any atom is -0.494 e. The lowest BCUT2D eigenvalue weighted by Crippen LogP contribution is -2.36. The summed E-state index contributed by atoms with van der Waals surface area (Å²) < 4.78 is 17.5. The number of hydrogen-bond acceptors (Lipinski definition) is 8. The maximum Gasteiger partial charge on any atom is 0.257 e. The van der Waals surface area contributed by atoms with Crippen LogP contribution in [0.3, 0.4) is 0 Å². The molecule has 35 heavy (non-hydrogen) atoms. The number of rotatable bonds is 11. The molecule has 0 unspecified atom stereocenters. The monoisotopic (exact) mass is 498 g/mol. The summed E-state index contributed by atoms with van der Waals surface area (Å²) in [5.41, 5.74) is 3.63. The van der Waals surface area contributed by atoms with Crippen LogP contribution in [0.5, 0.6) is 5.75 Å². The van der Waals surface area contributed by atoms with Crippen molar-refractivity contribution in [1.82, 2.24) is 9.88 Å². The van der Waals surface area contributed by atoms with Gasteiger partial charge in [0.1, 0.15) is 11.3 Å². The van der Waals surface area contributed by atoms with Gasteiger partial charge in [0.25, 0.3) is 5.91 Å². The van der Waals surface area contributed by atoms with Crippen LogP contribution in [0.2, 0.25) is 0 Å². The first-order valence-electron chi connectivity index (χ1n) is 12.1. The molecule has 4 rings (SSSR count). The van der Waals surface area contributed by atoms with E-state index < -0.39 is 0 Å². The van der Waals surface area contributed by atoms with E-state index in [1.54, 1.807) is 7.11 Å². The van der Waals surface area contributed by atoms with E-state index in [0.717, 1.165) is 61.8 Å². The Balaban J connectivity index is 1.46. The van der Waals surface area contributed by atoms with Gasteiger partial charge in [-0.3, -0.25) is 15.0 Å². The van der Waals surface area contributed by atoms with Gasteiger partial charge in [0, 0.05) is 38.3 Å². The van der Waals surface area contributed by atoms with E-state index in [1.165, 1.54) is 16.9 Å². The zero-order valence-corrected chi connectivity index (χ0v) is 21.5. The Morgan fingerprint density at radius 3 is 2.63 bits per heavy atom. The van der Waals surface area contributed by atoms with Crippen LogP contribution in [0.4, 0.5) is 10.8 Å². The fraction of sp³-hybridized carbons (Fsp3) is 0.462. The van der Waals surface area contributed by atoms with E-state index in [4.69, 9.17) is 19.2 Å². The zero-order chi connectivity index (χ0) is 24.6. The molecule has 9 heteroatoms. The van der Waals surface area contributed by atoms with Gasteiger partial charge in [-0.05, 0) is 43.3 Å². The molecular weight excluding hydrogens is 464 g/mol. The summed E-state index contributed by atoms with van der Waals surface area (Å²) in [6.45, 7) is 11.3. The molecule has 2 heterocycles. The quantitative estimate of drug-likeness (QED) is 0.396. The fourth-order valence-corrected chi connectivity index (χ4v) is 5.14. The number of fused-ring (bicyclic) bond motifs is 1. The molecule has 0 spiro atoms. The van der Waals surface area contributed by atoms with Crippen LogP contribution in [-0.2, 0) is 16.0 Å². The summed E-state index contributed by atoms with van der Waals surface area (Å²) in [4.78, 5) is 22.3. The van der Waals surface area contributed by atoms with Crippen molar-refractivity contribution >= 4 is 38.3 Å². The molecule has 0 atom stereocenters. The summed E-state index contributed by atoms with van der Waals surface area (Å²) in [5, 5.41) is 3.53. The van der Waals surface area contributed by atoms with Gasteiger partial charge >= 0.3 is 0 Å². The van der Waals surface area contributed by atoms with Crippen LogP contribution in [0.15, 0.2) is 36.4 Å². The smallest absolute Gasteiger partial charge is 0.257 e. The Hall–Kier alpha value is -2.72. The highest BCUT2D eigenvalue weighted by molar-refractivity contribution is 7.23. The van der Waals surface area contributed by atoms with E-state index in [0.29, 0.717) is 29.7 Å². The molecule has 1 aliphatic heterocycles. The standard InChI is InChI=1S/C26H34N4O4S/c1-4-29(12-15-33-5-2)18-19-6-8-20(9-7-19)25(31)28-26-27-23-22(32-3)11-10-21(24(23)35-26)30-13-16-34-17-14-30/h6-11H,4-5,12-18H2,1-3H3,(H,27,28,31). The first-order chi connectivity index (χ1) is 17.1. The highest BCUT2D eigenvalue weighted by Crippen LogP contribution is 2.39. The van der Waals surface area contributed by atoms with Crippen LogP contribution in [0, 0.1) is 0 Å². The van der Waals surface area contributed by atoms with Crippen molar-refractivity contribution < 1.29 is 19.0 Å². The number of methoxy groups -OCH3 is 1. The molecule has 1 fully saturated rings. The van der Waals surface area contributed by atoms with Crippen LogP contribution >= 0.6 is 11.3 Å². The van der Waals surface area contributed by atoms with E-state index in [-0.39, 0.29) is 5.91 Å². The molecule has 1 aliphatic rings. The van der Waals surface area contributed by atoms with Gasteiger partial charge in [0.2, 0.25) is 0 Å². The molecule has 188 valence electrons. The SMILES string of the molecule is CCOCCN(CC)Cc1ccc(C(=O)Nc2nc3c(OC)ccc(N4CCOCC4)c3s2)cc1. The van der Waals surface area contributed by atoms with Crippen molar-refractivity contribution in [1.29, 1.82) is 0 Å². The number of anilines is 2. The Kier molecular flexibility index (Phi) is 8.92. The maximum absolute atomic E-state index is 13.0. The van der Waals surface area contributed by atoms with Crippen LogP contribution in [0.1, 0.15) is 29.8 Å². The Morgan fingerprint density at radius 2 is 1.94 bits per heavy atom. The minimum absolute atomic E-state index is 0.175. The van der Waals surface area contributed by atoms with Crippen LogP contribution in [-0.4, -0.2) is 75.5 Å². The van der Waals surface area contributed by atoms with E-state index in [1.807, 2.05) is 37.3 Å². The van der Waals surface area contributed by atoms with Gasteiger partial charge in [-0.15, -0.1) is 0 Å². The third-order valence-corrected chi connectivity index (χ3v) is 7.10. The van der Waals surface area contributed by atoms with E-state index >= 15 is 0 Å². The van der Waals surface area contributed by atoms with Gasteiger partial charge in [-0.2, -0.15) is 0 Å². The number of aromatic nitrogens is 1. The molecule has 0 saturated carbocycles. The maximum atomic E-state index is 13.0. The number of thiazole rings is 1. The van der Waals surface area contributed by atoms with E-state index in [9.17, 15) is 4.79 Å². The molecule has 2 aromatic carbocycles. The third kappa shape index (κ3) is 6.29. The number of amides is 1. The summed E-state index contributed by atoms with van der Waals surface area (Å²) >= 11 is 1.47. The molecule has 0 radical (unpaired) electrons.